The molecule has 5 heteroatoms. The maximum atomic E-state index is 13.2. The van der Waals surface area contributed by atoms with E-state index in [0.717, 1.165) is 0 Å². The summed E-state index contributed by atoms with van der Waals surface area (Å²) in [6.45, 7) is 1.99. The molecule has 0 unspecified atom stereocenters. The third-order valence-corrected chi connectivity index (χ3v) is 2.42. The number of rotatable bonds is 3. The smallest absolute Gasteiger partial charge is 0.208 e. The minimum atomic E-state index is -0.356. The van der Waals surface area contributed by atoms with Crippen molar-refractivity contribution in [1.29, 1.82) is 0 Å². The van der Waals surface area contributed by atoms with E-state index in [2.05, 4.69) is 4.98 Å². The van der Waals surface area contributed by atoms with Gasteiger partial charge in [-0.25, -0.2) is 9.37 Å². The van der Waals surface area contributed by atoms with E-state index >= 15 is 0 Å². The number of nitrogens with zero attached hydrogens (tertiary/aromatic N) is 1. The Morgan fingerprint density at radius 3 is 2.82 bits per heavy atom. The Morgan fingerprint density at radius 1 is 1.47 bits per heavy atom. The van der Waals surface area contributed by atoms with E-state index in [1.54, 1.807) is 13.0 Å². The first-order valence-corrected chi connectivity index (χ1v) is 5.16. The lowest BCUT2D eigenvalue weighted by molar-refractivity contribution is 0.412. The van der Waals surface area contributed by atoms with Crippen LogP contribution >= 0.6 is 0 Å². The van der Waals surface area contributed by atoms with Gasteiger partial charge < -0.3 is 14.9 Å². The zero-order chi connectivity index (χ0) is 12.4. The van der Waals surface area contributed by atoms with Crippen LogP contribution in [0.15, 0.2) is 22.6 Å². The average molecular weight is 236 g/mol. The third-order valence-electron chi connectivity index (χ3n) is 2.42. The van der Waals surface area contributed by atoms with Crippen LogP contribution in [0.25, 0.3) is 11.3 Å². The van der Waals surface area contributed by atoms with Crippen molar-refractivity contribution >= 4 is 0 Å². The van der Waals surface area contributed by atoms with E-state index in [1.165, 1.54) is 19.2 Å². The summed E-state index contributed by atoms with van der Waals surface area (Å²) in [4.78, 5) is 4.14. The number of halogens is 1. The van der Waals surface area contributed by atoms with Gasteiger partial charge in [0.2, 0.25) is 5.89 Å². The average Bonchev–Trinajstić information content (AvgIpc) is 2.70. The summed E-state index contributed by atoms with van der Waals surface area (Å²) in [5.74, 6) is 1.09. The Morgan fingerprint density at radius 2 is 2.24 bits per heavy atom. The van der Waals surface area contributed by atoms with Gasteiger partial charge in [-0.15, -0.1) is 0 Å². The molecule has 0 saturated carbocycles. The summed E-state index contributed by atoms with van der Waals surface area (Å²) in [5.41, 5.74) is 6.65. The molecule has 0 saturated heterocycles. The molecule has 2 aromatic rings. The number of nitrogens with two attached hydrogens (primary N) is 1. The van der Waals surface area contributed by atoms with E-state index in [0.29, 0.717) is 28.7 Å². The van der Waals surface area contributed by atoms with Gasteiger partial charge in [-0.3, -0.25) is 0 Å². The van der Waals surface area contributed by atoms with Crippen molar-refractivity contribution in [1.82, 2.24) is 4.98 Å². The number of ether oxygens (including phenoxy) is 1. The Bertz CT molecular complexity index is 537. The second-order valence-corrected chi connectivity index (χ2v) is 3.57. The first-order chi connectivity index (χ1) is 8.15. The van der Waals surface area contributed by atoms with Gasteiger partial charge in [0.1, 0.15) is 11.6 Å². The summed E-state index contributed by atoms with van der Waals surface area (Å²) in [6, 6.07) is 4.24. The number of hydrogen-bond donors (Lipinski definition) is 1. The van der Waals surface area contributed by atoms with Gasteiger partial charge in [-0.05, 0) is 25.1 Å². The molecule has 0 aliphatic rings. The fourth-order valence-electron chi connectivity index (χ4n) is 1.65. The number of benzene rings is 1. The molecular weight excluding hydrogens is 223 g/mol. The van der Waals surface area contributed by atoms with Crippen LogP contribution in [0.2, 0.25) is 0 Å². The molecule has 0 aliphatic carbocycles. The van der Waals surface area contributed by atoms with E-state index < -0.39 is 0 Å². The number of methoxy groups -OCH3 is 1. The summed E-state index contributed by atoms with van der Waals surface area (Å²) >= 11 is 0. The lowest BCUT2D eigenvalue weighted by atomic mass is 10.1. The molecule has 1 aromatic heterocycles. The molecule has 2 N–H and O–H groups in total. The molecule has 1 heterocycles. The molecule has 0 amide bonds. The van der Waals surface area contributed by atoms with E-state index in [-0.39, 0.29) is 12.4 Å². The van der Waals surface area contributed by atoms with Crippen molar-refractivity contribution in [3.63, 3.8) is 0 Å². The predicted octanol–water partition coefficient (Wildman–Crippen LogP) is 2.26. The molecule has 0 fully saturated rings. The summed E-state index contributed by atoms with van der Waals surface area (Å²) in [7, 11) is 1.52. The predicted molar refractivity (Wildman–Crippen MR) is 61.1 cm³/mol. The molecule has 0 spiro atoms. The molecule has 2 rings (SSSR count). The van der Waals surface area contributed by atoms with Crippen molar-refractivity contribution < 1.29 is 13.5 Å². The number of oxazole rings is 1. The Balaban J connectivity index is 2.58. The SMILES string of the molecule is COc1ccc(F)cc1-c1oc(CN)nc1C. The molecule has 0 atom stereocenters. The van der Waals surface area contributed by atoms with Gasteiger partial charge >= 0.3 is 0 Å². The van der Waals surface area contributed by atoms with Crippen LogP contribution in [0.4, 0.5) is 4.39 Å². The molecule has 4 nitrogen and oxygen atoms in total. The topological polar surface area (TPSA) is 61.3 Å². The molecule has 0 radical (unpaired) electrons. The van der Waals surface area contributed by atoms with Gasteiger partial charge in [0.05, 0.1) is 24.9 Å². The van der Waals surface area contributed by atoms with Crippen molar-refractivity contribution in [2.75, 3.05) is 7.11 Å². The zero-order valence-electron chi connectivity index (χ0n) is 9.66. The van der Waals surface area contributed by atoms with E-state index in [9.17, 15) is 4.39 Å². The quantitative estimate of drug-likeness (QED) is 0.887. The zero-order valence-corrected chi connectivity index (χ0v) is 9.66. The number of aromatic nitrogens is 1. The first-order valence-electron chi connectivity index (χ1n) is 5.16. The minimum Gasteiger partial charge on any atom is -0.496 e. The highest BCUT2D eigenvalue weighted by molar-refractivity contribution is 5.67. The van der Waals surface area contributed by atoms with E-state index in [4.69, 9.17) is 14.9 Å². The Kier molecular flexibility index (Phi) is 3.10. The highest BCUT2D eigenvalue weighted by Crippen LogP contribution is 2.33. The van der Waals surface area contributed by atoms with Crippen molar-refractivity contribution in [2.24, 2.45) is 5.73 Å². The van der Waals surface area contributed by atoms with Crippen molar-refractivity contribution in [2.45, 2.75) is 13.5 Å². The fraction of sp³-hybridized carbons (Fsp3) is 0.250. The highest BCUT2D eigenvalue weighted by atomic mass is 19.1. The summed E-state index contributed by atoms with van der Waals surface area (Å²) in [6.07, 6.45) is 0. The van der Waals surface area contributed by atoms with Gasteiger partial charge in [0.25, 0.3) is 0 Å². The van der Waals surface area contributed by atoms with Crippen LogP contribution in [0.1, 0.15) is 11.6 Å². The van der Waals surface area contributed by atoms with Crippen LogP contribution in [0, 0.1) is 12.7 Å². The summed E-state index contributed by atoms with van der Waals surface area (Å²) in [5, 5.41) is 0. The fourth-order valence-corrected chi connectivity index (χ4v) is 1.65. The van der Waals surface area contributed by atoms with Crippen molar-refractivity contribution in [3.8, 4) is 17.1 Å². The second kappa shape index (κ2) is 4.55. The molecule has 1 aromatic carbocycles. The highest BCUT2D eigenvalue weighted by Gasteiger charge is 2.16. The molecule has 0 aliphatic heterocycles. The number of hydrogen-bond acceptors (Lipinski definition) is 4. The van der Waals surface area contributed by atoms with Gasteiger partial charge in [0, 0.05) is 0 Å². The molecule has 17 heavy (non-hydrogen) atoms. The minimum absolute atomic E-state index is 0.207. The van der Waals surface area contributed by atoms with Crippen LogP contribution < -0.4 is 10.5 Å². The first kappa shape index (κ1) is 11.6. The summed E-state index contributed by atoms with van der Waals surface area (Å²) < 4.78 is 23.9. The second-order valence-electron chi connectivity index (χ2n) is 3.57. The maximum Gasteiger partial charge on any atom is 0.208 e. The molecular formula is C12H13FN2O2. The molecule has 0 bridgehead atoms. The van der Waals surface area contributed by atoms with Gasteiger partial charge in [0.15, 0.2) is 5.76 Å². The standard InChI is InChI=1S/C12H13FN2O2/c1-7-12(17-11(6-14)15-7)9-5-8(13)3-4-10(9)16-2/h3-5H,6,14H2,1-2H3. The largest absolute Gasteiger partial charge is 0.496 e. The Labute approximate surface area is 98.2 Å². The van der Waals surface area contributed by atoms with Crippen LogP contribution in [0.5, 0.6) is 5.75 Å². The lowest BCUT2D eigenvalue weighted by Gasteiger charge is -2.06. The van der Waals surface area contributed by atoms with Gasteiger partial charge in [-0.2, -0.15) is 0 Å². The monoisotopic (exact) mass is 236 g/mol. The van der Waals surface area contributed by atoms with Gasteiger partial charge in [-0.1, -0.05) is 0 Å². The Hall–Kier alpha value is -1.88. The van der Waals surface area contributed by atoms with Crippen molar-refractivity contribution in [3.05, 3.63) is 35.6 Å². The maximum absolute atomic E-state index is 13.2. The lowest BCUT2D eigenvalue weighted by Crippen LogP contribution is -1.95. The normalized spacial score (nSPS) is 10.6. The van der Waals surface area contributed by atoms with Crippen LogP contribution in [-0.2, 0) is 6.54 Å². The molecule has 90 valence electrons. The van der Waals surface area contributed by atoms with Crippen LogP contribution in [-0.4, -0.2) is 12.1 Å². The van der Waals surface area contributed by atoms with Crippen LogP contribution in [0.3, 0.4) is 0 Å². The van der Waals surface area contributed by atoms with E-state index in [1.807, 2.05) is 0 Å². The third kappa shape index (κ3) is 2.14. The number of aryl methyl sites for hydroxylation is 1.